The number of nitrogens with zero attached hydrogens (tertiary/aromatic N) is 2. The molecule has 0 bridgehead atoms. The zero-order chi connectivity index (χ0) is 27.8. The highest BCUT2D eigenvalue weighted by molar-refractivity contribution is 5.67. The van der Waals surface area contributed by atoms with Gasteiger partial charge in [0.25, 0.3) is 0 Å². The Balaban J connectivity index is 0.000000580. The fourth-order valence-electron chi connectivity index (χ4n) is 5.07. The second-order valence-electron chi connectivity index (χ2n) is 11.5. The summed E-state index contributed by atoms with van der Waals surface area (Å²) in [7, 11) is 0. The summed E-state index contributed by atoms with van der Waals surface area (Å²) in [5.74, 6) is 0.0934. The minimum atomic E-state index is -4.20. The first kappa shape index (κ1) is 28.7. The number of carbonyl (C=O) groups is 1. The Hall–Kier alpha value is -2.83. The molecular formula is C30H39F3N2O2. The van der Waals surface area contributed by atoms with E-state index in [2.05, 4.69) is 36.2 Å². The highest BCUT2D eigenvalue weighted by Crippen LogP contribution is 2.60. The van der Waals surface area contributed by atoms with Gasteiger partial charge in [-0.05, 0) is 64.0 Å². The number of fused-ring (bicyclic) bond motifs is 1. The van der Waals surface area contributed by atoms with Crippen molar-refractivity contribution in [1.29, 1.82) is 0 Å². The molecule has 2 aliphatic carbocycles. The number of aryl methyl sites for hydroxylation is 1. The molecule has 2 saturated carbocycles. The molecule has 0 spiro atoms. The zero-order valence-corrected chi connectivity index (χ0v) is 22.7. The Morgan fingerprint density at radius 3 is 2.41 bits per heavy atom. The van der Waals surface area contributed by atoms with Crippen molar-refractivity contribution >= 4 is 12.5 Å². The van der Waals surface area contributed by atoms with Gasteiger partial charge in [-0.2, -0.15) is 13.2 Å². The molecule has 2 aromatic rings. The minimum absolute atomic E-state index is 0.000804. The molecule has 3 atom stereocenters. The van der Waals surface area contributed by atoms with Crippen LogP contribution >= 0.6 is 0 Å². The summed E-state index contributed by atoms with van der Waals surface area (Å²) in [4.78, 5) is 10.2. The number of hydrogen-bond acceptors (Lipinski definition) is 4. The lowest BCUT2D eigenvalue weighted by molar-refractivity contribution is -0.169. The lowest BCUT2D eigenvalue weighted by atomic mass is 9.93. The molecule has 202 valence electrons. The molecule has 37 heavy (non-hydrogen) atoms. The highest BCUT2D eigenvalue weighted by atomic mass is 19.4. The monoisotopic (exact) mass is 516 g/mol. The first-order chi connectivity index (χ1) is 17.2. The third-order valence-corrected chi connectivity index (χ3v) is 7.80. The standard InChI is InChI=1S/C25H29F3N2O.C4H8.CH2O/c1-15-5-6-18(10-16(2)25(26,27)28)20(9-15)17(3)30-13-19-12-24(19,14-30)21-11-22(31-29-21)23(4)7-8-23;1-4(2)3;1-2/h5-6,9,11,16,19H,3,7-8,10,12-14H2,1-2,4H3;1H2,2-3H3;1H2. The summed E-state index contributed by atoms with van der Waals surface area (Å²) in [6.07, 6.45) is -0.857. The van der Waals surface area contributed by atoms with Crippen LogP contribution in [0.4, 0.5) is 13.2 Å². The SMILES string of the molecule is C=C(C)C.C=C(c1cc(C)ccc1CC(C)C(F)(F)F)N1CC2CC2(c2cc(C3(C)CC3)on2)C1.C=O. The van der Waals surface area contributed by atoms with E-state index in [1.54, 1.807) is 0 Å². The van der Waals surface area contributed by atoms with Crippen LogP contribution in [-0.4, -0.2) is 36.1 Å². The fraction of sp³-hybridized carbons (Fsp3) is 0.533. The van der Waals surface area contributed by atoms with Crippen molar-refractivity contribution in [2.24, 2.45) is 11.8 Å². The first-order valence-electron chi connectivity index (χ1n) is 12.7. The zero-order valence-electron chi connectivity index (χ0n) is 22.7. The van der Waals surface area contributed by atoms with Crippen LogP contribution in [0.15, 0.2) is 47.5 Å². The van der Waals surface area contributed by atoms with Gasteiger partial charge in [-0.15, -0.1) is 6.58 Å². The second-order valence-corrected chi connectivity index (χ2v) is 11.5. The third-order valence-electron chi connectivity index (χ3n) is 7.80. The van der Waals surface area contributed by atoms with Crippen LogP contribution in [0, 0.1) is 18.8 Å². The minimum Gasteiger partial charge on any atom is -0.370 e. The molecule has 0 N–H and O–H groups in total. The van der Waals surface area contributed by atoms with Crippen molar-refractivity contribution < 1.29 is 22.5 Å². The maximum atomic E-state index is 13.2. The predicted octanol–water partition coefficient (Wildman–Crippen LogP) is 7.42. The van der Waals surface area contributed by atoms with Crippen LogP contribution in [0.2, 0.25) is 0 Å². The number of carbonyl (C=O) groups excluding carboxylic acids is 1. The molecule has 3 fully saturated rings. The molecule has 1 aromatic heterocycles. The summed E-state index contributed by atoms with van der Waals surface area (Å²) < 4.78 is 45.2. The predicted molar refractivity (Wildman–Crippen MR) is 141 cm³/mol. The number of halogens is 3. The summed E-state index contributed by atoms with van der Waals surface area (Å²) >= 11 is 0. The Kier molecular flexibility index (Phi) is 8.16. The van der Waals surface area contributed by atoms with Crippen LogP contribution in [0.5, 0.6) is 0 Å². The van der Waals surface area contributed by atoms with Crippen LogP contribution in [0.3, 0.4) is 0 Å². The van der Waals surface area contributed by atoms with Gasteiger partial charge in [-0.1, -0.05) is 48.9 Å². The van der Waals surface area contributed by atoms with Gasteiger partial charge in [0.15, 0.2) is 0 Å². The van der Waals surface area contributed by atoms with E-state index in [9.17, 15) is 13.2 Å². The largest absolute Gasteiger partial charge is 0.391 e. The number of likely N-dealkylation sites (tertiary alicyclic amines) is 1. The molecule has 5 rings (SSSR count). The van der Waals surface area contributed by atoms with E-state index < -0.39 is 12.1 Å². The number of rotatable bonds is 6. The number of alkyl halides is 3. The fourth-order valence-corrected chi connectivity index (χ4v) is 5.07. The van der Waals surface area contributed by atoms with E-state index in [0.29, 0.717) is 11.5 Å². The topological polar surface area (TPSA) is 46.3 Å². The number of allylic oxidation sites excluding steroid dienone is 1. The van der Waals surface area contributed by atoms with Gasteiger partial charge in [0.2, 0.25) is 0 Å². The smallest absolute Gasteiger partial charge is 0.370 e. The average molecular weight is 517 g/mol. The maximum Gasteiger partial charge on any atom is 0.391 e. The summed E-state index contributed by atoms with van der Waals surface area (Å²) in [6.45, 7) is 20.9. The Labute approximate surface area is 218 Å². The molecule has 1 saturated heterocycles. The van der Waals surface area contributed by atoms with E-state index in [1.165, 1.54) is 12.5 Å². The second kappa shape index (κ2) is 10.5. The molecule has 3 unspecified atom stereocenters. The van der Waals surface area contributed by atoms with E-state index in [-0.39, 0.29) is 17.3 Å². The number of hydrogen-bond donors (Lipinski definition) is 0. The van der Waals surface area contributed by atoms with Crippen LogP contribution < -0.4 is 0 Å². The number of piperidine rings is 1. The van der Waals surface area contributed by atoms with Crippen LogP contribution in [0.1, 0.15) is 75.1 Å². The van der Waals surface area contributed by atoms with Crippen molar-refractivity contribution in [1.82, 2.24) is 10.1 Å². The maximum absolute atomic E-state index is 13.2. The quantitative estimate of drug-likeness (QED) is 0.375. The Morgan fingerprint density at radius 2 is 1.84 bits per heavy atom. The average Bonchev–Trinajstić information content (AvgIpc) is 3.60. The Morgan fingerprint density at radius 1 is 1.22 bits per heavy atom. The summed E-state index contributed by atoms with van der Waals surface area (Å²) in [5, 5.41) is 4.43. The van der Waals surface area contributed by atoms with Gasteiger partial charge in [0, 0.05) is 41.2 Å². The highest BCUT2D eigenvalue weighted by Gasteiger charge is 2.63. The molecule has 3 aliphatic rings. The van der Waals surface area contributed by atoms with Crippen LogP contribution in [-0.2, 0) is 22.0 Å². The van der Waals surface area contributed by atoms with Gasteiger partial charge in [-0.3, -0.25) is 0 Å². The molecule has 4 nitrogen and oxygen atoms in total. The van der Waals surface area contributed by atoms with Gasteiger partial charge in [0.1, 0.15) is 12.5 Å². The molecular weight excluding hydrogens is 477 g/mol. The molecule has 1 aliphatic heterocycles. The van der Waals surface area contributed by atoms with Gasteiger partial charge >= 0.3 is 6.18 Å². The van der Waals surface area contributed by atoms with Crippen molar-refractivity contribution in [3.63, 3.8) is 0 Å². The van der Waals surface area contributed by atoms with Crippen molar-refractivity contribution in [2.45, 2.75) is 77.3 Å². The van der Waals surface area contributed by atoms with Gasteiger partial charge < -0.3 is 14.2 Å². The van der Waals surface area contributed by atoms with E-state index in [0.717, 1.165) is 60.6 Å². The molecule has 7 heteroatoms. The van der Waals surface area contributed by atoms with Crippen LogP contribution in [0.25, 0.3) is 5.70 Å². The molecule has 2 heterocycles. The molecule has 0 amide bonds. The van der Waals surface area contributed by atoms with Crippen molar-refractivity contribution in [3.8, 4) is 0 Å². The third kappa shape index (κ3) is 6.19. The van der Waals surface area contributed by atoms with Gasteiger partial charge in [0.05, 0.1) is 11.6 Å². The normalized spacial score (nSPS) is 23.6. The van der Waals surface area contributed by atoms with E-state index in [4.69, 9.17) is 9.32 Å². The van der Waals surface area contributed by atoms with Crippen molar-refractivity contribution in [3.05, 3.63) is 71.1 Å². The summed E-state index contributed by atoms with van der Waals surface area (Å²) in [6, 6.07) is 7.82. The number of benzene rings is 1. The lowest BCUT2D eigenvalue weighted by Crippen LogP contribution is -2.26. The molecule has 0 radical (unpaired) electrons. The van der Waals surface area contributed by atoms with Gasteiger partial charge in [-0.25, -0.2) is 0 Å². The first-order valence-corrected chi connectivity index (χ1v) is 12.7. The lowest BCUT2D eigenvalue weighted by Gasteiger charge is -2.27. The molecule has 1 aromatic carbocycles. The van der Waals surface area contributed by atoms with E-state index in [1.807, 2.05) is 45.8 Å². The van der Waals surface area contributed by atoms with Crippen molar-refractivity contribution in [2.75, 3.05) is 13.1 Å². The number of aromatic nitrogens is 1. The Bertz CT molecular complexity index is 1140. The summed E-state index contributed by atoms with van der Waals surface area (Å²) in [5.41, 5.74) is 5.74. The van der Waals surface area contributed by atoms with E-state index >= 15 is 0 Å².